The third-order valence-electron chi connectivity index (χ3n) is 5.74. The minimum absolute atomic E-state index is 0.126. The first-order chi connectivity index (χ1) is 17.4. The van der Waals surface area contributed by atoms with Gasteiger partial charge in [-0.2, -0.15) is 0 Å². The first-order valence-corrected chi connectivity index (χ1v) is 10.9. The van der Waals surface area contributed by atoms with Crippen LogP contribution in [0.4, 0.5) is 0 Å². The molecule has 0 radical (unpaired) electrons. The topological polar surface area (TPSA) is 126 Å². The summed E-state index contributed by atoms with van der Waals surface area (Å²) < 4.78 is 5.81. The molecular formula is C28H18N2O6. The number of aromatic nitrogens is 1. The predicted octanol–water partition coefficient (Wildman–Crippen LogP) is 5.05. The molecule has 0 saturated carbocycles. The molecular weight excluding hydrogens is 460 g/mol. The van der Waals surface area contributed by atoms with Crippen molar-refractivity contribution in [2.24, 2.45) is 4.99 Å². The number of hydrogen-bond donors (Lipinski definition) is 2. The number of carbonyl (C=O) groups excluding carboxylic acids is 1. The van der Waals surface area contributed by atoms with Crippen molar-refractivity contribution in [1.29, 1.82) is 0 Å². The second kappa shape index (κ2) is 9.27. The van der Waals surface area contributed by atoms with Gasteiger partial charge in [0, 0.05) is 17.3 Å². The number of carboxylic acid groups (broad SMARTS) is 2. The highest BCUT2D eigenvalue weighted by atomic mass is 16.5. The van der Waals surface area contributed by atoms with Crippen molar-refractivity contribution >= 4 is 23.4 Å². The summed E-state index contributed by atoms with van der Waals surface area (Å²) in [7, 11) is 0. The summed E-state index contributed by atoms with van der Waals surface area (Å²) >= 11 is 0. The number of benzene rings is 3. The lowest BCUT2D eigenvalue weighted by Crippen LogP contribution is -2.24. The van der Waals surface area contributed by atoms with Crippen LogP contribution in [0.5, 0.6) is 11.5 Å². The summed E-state index contributed by atoms with van der Waals surface area (Å²) in [6.07, 6.45) is 1.60. The second-order valence-corrected chi connectivity index (χ2v) is 8.03. The van der Waals surface area contributed by atoms with Crippen LogP contribution in [0.1, 0.15) is 53.9 Å². The van der Waals surface area contributed by atoms with Crippen LogP contribution in [0.15, 0.2) is 96.1 Å². The fraction of sp³-hybridized carbons (Fsp3) is 0.0357. The highest BCUT2D eigenvalue weighted by molar-refractivity contribution is 6.21. The number of pyridine rings is 1. The maximum Gasteiger partial charge on any atom is 0.335 e. The van der Waals surface area contributed by atoms with Crippen LogP contribution in [0.25, 0.3) is 0 Å². The molecule has 0 bridgehead atoms. The molecule has 0 saturated heterocycles. The number of carboxylic acids is 2. The maximum absolute atomic E-state index is 13.2. The molecule has 4 aromatic rings. The van der Waals surface area contributed by atoms with E-state index in [2.05, 4.69) is 4.98 Å². The molecule has 8 nitrogen and oxygen atoms in total. The molecule has 5 rings (SSSR count). The summed E-state index contributed by atoms with van der Waals surface area (Å²) in [5.41, 5.74) is 3.05. The molecule has 0 spiro atoms. The summed E-state index contributed by atoms with van der Waals surface area (Å²) in [5.74, 6) is -1.24. The highest BCUT2D eigenvalue weighted by Gasteiger charge is 2.31. The zero-order valence-corrected chi connectivity index (χ0v) is 18.7. The third kappa shape index (κ3) is 4.35. The van der Waals surface area contributed by atoms with Crippen molar-refractivity contribution in [2.75, 3.05) is 0 Å². The van der Waals surface area contributed by atoms with E-state index in [0.717, 1.165) is 5.56 Å². The number of hydrogen-bond acceptors (Lipinski definition) is 6. The molecule has 176 valence electrons. The largest absolute Gasteiger partial charge is 0.478 e. The van der Waals surface area contributed by atoms with Gasteiger partial charge in [-0.1, -0.05) is 12.1 Å². The quantitative estimate of drug-likeness (QED) is 0.397. The van der Waals surface area contributed by atoms with Gasteiger partial charge in [-0.3, -0.25) is 14.8 Å². The summed E-state index contributed by atoms with van der Waals surface area (Å²) in [5, 5.41) is 18.2. The molecule has 8 heteroatoms. The molecule has 0 amide bonds. The van der Waals surface area contributed by atoms with E-state index >= 15 is 0 Å². The molecule has 1 unspecified atom stereocenters. The van der Waals surface area contributed by atoms with Gasteiger partial charge < -0.3 is 14.9 Å². The molecule has 0 fully saturated rings. The van der Waals surface area contributed by atoms with Crippen LogP contribution in [0, 0.1) is 0 Å². The Labute approximate surface area is 205 Å². The van der Waals surface area contributed by atoms with E-state index in [9.17, 15) is 19.5 Å². The van der Waals surface area contributed by atoms with E-state index in [0.29, 0.717) is 34.0 Å². The van der Waals surface area contributed by atoms with Gasteiger partial charge >= 0.3 is 11.9 Å². The lowest BCUT2D eigenvalue weighted by molar-refractivity contribution is 0.0686. The fourth-order valence-electron chi connectivity index (χ4n) is 3.92. The lowest BCUT2D eigenvalue weighted by atomic mass is 9.90. The van der Waals surface area contributed by atoms with Crippen molar-refractivity contribution < 1.29 is 29.3 Å². The van der Waals surface area contributed by atoms with Crippen molar-refractivity contribution in [1.82, 2.24) is 4.98 Å². The van der Waals surface area contributed by atoms with Gasteiger partial charge in [-0.25, -0.2) is 9.59 Å². The minimum Gasteiger partial charge on any atom is -0.478 e. The van der Waals surface area contributed by atoms with E-state index in [-0.39, 0.29) is 16.9 Å². The number of ether oxygens (including phenoxy) is 1. The van der Waals surface area contributed by atoms with Gasteiger partial charge in [0.2, 0.25) is 0 Å². The average molecular weight is 478 g/mol. The van der Waals surface area contributed by atoms with Crippen LogP contribution < -0.4 is 4.74 Å². The number of nitrogens with zero attached hydrogens (tertiary/aromatic N) is 2. The Morgan fingerprint density at radius 3 is 1.89 bits per heavy atom. The highest BCUT2D eigenvalue weighted by Crippen LogP contribution is 2.32. The molecule has 2 N–H and O–H groups in total. The van der Waals surface area contributed by atoms with Crippen molar-refractivity contribution in [3.63, 3.8) is 0 Å². The van der Waals surface area contributed by atoms with Gasteiger partial charge in [-0.15, -0.1) is 0 Å². The SMILES string of the molecule is O=C(O)c1ccc(Oc2ccc(C3=NC(c4ccc(C(=O)O)cc4)C(=O)c4cccnc43)cc2)cc1. The first-order valence-electron chi connectivity index (χ1n) is 10.9. The van der Waals surface area contributed by atoms with E-state index in [1.54, 1.807) is 66.9 Å². The first kappa shape index (κ1) is 22.7. The predicted molar refractivity (Wildman–Crippen MR) is 130 cm³/mol. The van der Waals surface area contributed by atoms with Gasteiger partial charge in [0.1, 0.15) is 17.5 Å². The average Bonchev–Trinajstić information content (AvgIpc) is 2.90. The van der Waals surface area contributed by atoms with E-state index in [4.69, 9.17) is 14.8 Å². The van der Waals surface area contributed by atoms with Crippen LogP contribution in [0.3, 0.4) is 0 Å². The van der Waals surface area contributed by atoms with Crippen molar-refractivity contribution in [2.45, 2.75) is 6.04 Å². The molecule has 2 heterocycles. The molecule has 1 aliphatic rings. The zero-order chi connectivity index (χ0) is 25.2. The number of carbonyl (C=O) groups is 3. The number of rotatable bonds is 6. The second-order valence-electron chi connectivity index (χ2n) is 8.03. The normalized spacial score (nSPS) is 14.5. The number of Topliss-reactive ketones (excluding diaryl/α,β-unsaturated/α-hetero) is 1. The lowest BCUT2D eigenvalue weighted by Gasteiger charge is -2.22. The minimum atomic E-state index is -1.05. The van der Waals surface area contributed by atoms with E-state index < -0.39 is 18.0 Å². The van der Waals surface area contributed by atoms with Crippen molar-refractivity contribution in [3.8, 4) is 11.5 Å². The summed E-state index contributed by atoms with van der Waals surface area (Å²) in [4.78, 5) is 44.6. The van der Waals surface area contributed by atoms with Gasteiger partial charge in [-0.05, 0) is 78.4 Å². The van der Waals surface area contributed by atoms with Crippen LogP contribution in [-0.4, -0.2) is 38.6 Å². The Balaban J connectivity index is 1.47. The maximum atomic E-state index is 13.2. The van der Waals surface area contributed by atoms with E-state index in [1.165, 1.54) is 24.3 Å². The molecule has 3 aromatic carbocycles. The number of fused-ring (bicyclic) bond motifs is 1. The van der Waals surface area contributed by atoms with E-state index in [1.807, 2.05) is 0 Å². The Hall–Kier alpha value is -5.11. The summed E-state index contributed by atoms with van der Waals surface area (Å²) in [6.45, 7) is 0. The Bertz CT molecular complexity index is 1510. The molecule has 36 heavy (non-hydrogen) atoms. The molecule has 0 aliphatic carbocycles. The Morgan fingerprint density at radius 1 is 0.750 bits per heavy atom. The van der Waals surface area contributed by atoms with Gasteiger partial charge in [0.05, 0.1) is 22.5 Å². The smallest absolute Gasteiger partial charge is 0.335 e. The third-order valence-corrected chi connectivity index (χ3v) is 5.74. The summed E-state index contributed by atoms with van der Waals surface area (Å²) in [6, 6.07) is 21.9. The molecule has 1 atom stereocenters. The molecule has 1 aromatic heterocycles. The molecule has 1 aliphatic heterocycles. The van der Waals surface area contributed by atoms with Gasteiger partial charge in [0.15, 0.2) is 5.78 Å². The number of aliphatic imine (C=N–C) groups is 1. The van der Waals surface area contributed by atoms with Crippen LogP contribution >= 0.6 is 0 Å². The standard InChI is InChI=1S/C28H18N2O6/c31-26-22-2-1-15-29-25(22)23(30-24(26)17-3-5-18(6-4-17)27(32)33)16-7-11-20(12-8-16)36-21-13-9-19(10-14-21)28(34)35/h1-15,24H,(H,32,33)(H,34,35). The Morgan fingerprint density at radius 2 is 1.31 bits per heavy atom. The van der Waals surface area contributed by atoms with Gasteiger partial charge in [0.25, 0.3) is 0 Å². The Kier molecular flexibility index (Phi) is 5.83. The van der Waals surface area contributed by atoms with Crippen LogP contribution in [0.2, 0.25) is 0 Å². The van der Waals surface area contributed by atoms with Crippen molar-refractivity contribution in [3.05, 3.63) is 125 Å². The number of ketones is 1. The monoisotopic (exact) mass is 478 g/mol. The zero-order valence-electron chi connectivity index (χ0n) is 18.7. The van der Waals surface area contributed by atoms with Crippen LogP contribution in [-0.2, 0) is 0 Å². The fourth-order valence-corrected chi connectivity index (χ4v) is 3.92. The number of aromatic carboxylic acids is 2.